The number of nitrogens with one attached hydrogen (secondary N) is 2. The molecular weight excluding hydrogens is 413 g/mol. The Labute approximate surface area is 167 Å². The first-order chi connectivity index (χ1) is 13.6. The fourth-order valence-electron chi connectivity index (χ4n) is 3.33. The summed E-state index contributed by atoms with van der Waals surface area (Å²) in [5.41, 5.74) is -3.74. The van der Waals surface area contributed by atoms with Gasteiger partial charge in [-0.05, 0) is 17.5 Å². The number of ketones is 1. The molecule has 1 aromatic heterocycles. The number of hydrogen-bond donors (Lipinski definition) is 3. The number of halogens is 3. The number of carbonyl (C=O) groups excluding carboxylic acids is 2. The van der Waals surface area contributed by atoms with Crippen LogP contribution in [0.1, 0.15) is 21.3 Å². The van der Waals surface area contributed by atoms with Gasteiger partial charge < -0.3 is 25.2 Å². The molecule has 0 saturated carbocycles. The van der Waals surface area contributed by atoms with Gasteiger partial charge in [0, 0.05) is 5.56 Å². The summed E-state index contributed by atoms with van der Waals surface area (Å²) in [6.07, 6.45) is -5.33. The normalized spacial score (nSPS) is 24.4. The highest BCUT2D eigenvalue weighted by molar-refractivity contribution is 7.12. The molecule has 1 aromatic carbocycles. The molecule has 1 fully saturated rings. The standard InChI is InChI=1S/C18H17F3N2O5S/c1-27-10-6-3-5-9(15(10)28-2)13-12(14(24)11-7-4-8-29-11)17(26,18(19,20)21)23-16(25)22-13/h3-8,12-13,26H,1-2H3,(H2,22,23,25)/t12-,13+,17+/m1/s1. The molecule has 1 aliphatic rings. The third-order valence-electron chi connectivity index (χ3n) is 4.62. The van der Waals surface area contributed by atoms with E-state index in [0.717, 1.165) is 11.3 Å². The van der Waals surface area contributed by atoms with Crippen molar-refractivity contribution in [2.24, 2.45) is 5.92 Å². The average Bonchev–Trinajstić information content (AvgIpc) is 3.20. The summed E-state index contributed by atoms with van der Waals surface area (Å²) in [7, 11) is 2.61. The zero-order valence-electron chi connectivity index (χ0n) is 15.2. The van der Waals surface area contributed by atoms with E-state index in [4.69, 9.17) is 9.47 Å². The molecular formula is C18H17F3N2O5S. The highest BCUT2D eigenvalue weighted by Crippen LogP contribution is 2.47. The second-order valence-corrected chi connectivity index (χ2v) is 7.19. The van der Waals surface area contributed by atoms with Crippen molar-refractivity contribution >= 4 is 23.2 Å². The summed E-state index contributed by atoms with van der Waals surface area (Å²) in [4.78, 5) is 25.1. The highest BCUT2D eigenvalue weighted by atomic mass is 32.1. The first-order valence-electron chi connectivity index (χ1n) is 8.30. The van der Waals surface area contributed by atoms with Crippen molar-refractivity contribution in [3.63, 3.8) is 0 Å². The Hall–Kier alpha value is -2.79. The van der Waals surface area contributed by atoms with Gasteiger partial charge in [-0.15, -0.1) is 11.3 Å². The van der Waals surface area contributed by atoms with Gasteiger partial charge in [0.15, 0.2) is 17.3 Å². The van der Waals surface area contributed by atoms with E-state index in [9.17, 15) is 27.9 Å². The Morgan fingerprint density at radius 1 is 1.21 bits per heavy atom. The number of Topliss-reactive ketones (excluding diaryl/α,β-unsaturated/α-hetero) is 1. The third-order valence-corrected chi connectivity index (χ3v) is 5.51. The maximum Gasteiger partial charge on any atom is 0.437 e. The predicted molar refractivity (Wildman–Crippen MR) is 97.1 cm³/mol. The van der Waals surface area contributed by atoms with Gasteiger partial charge in [0.2, 0.25) is 5.72 Å². The van der Waals surface area contributed by atoms with Gasteiger partial charge in [0.25, 0.3) is 0 Å². The molecule has 2 aromatic rings. The van der Waals surface area contributed by atoms with Crippen LogP contribution in [0.15, 0.2) is 35.7 Å². The summed E-state index contributed by atoms with van der Waals surface area (Å²) < 4.78 is 52.0. The topological polar surface area (TPSA) is 96.9 Å². The van der Waals surface area contributed by atoms with E-state index < -0.39 is 35.7 Å². The quantitative estimate of drug-likeness (QED) is 0.634. The lowest BCUT2D eigenvalue weighted by molar-refractivity contribution is -0.287. The molecule has 3 rings (SSSR count). The van der Waals surface area contributed by atoms with E-state index in [1.54, 1.807) is 0 Å². The highest BCUT2D eigenvalue weighted by Gasteiger charge is 2.66. The van der Waals surface area contributed by atoms with Gasteiger partial charge >= 0.3 is 12.2 Å². The third kappa shape index (κ3) is 3.51. The molecule has 0 bridgehead atoms. The Balaban J connectivity index is 2.23. The molecule has 0 radical (unpaired) electrons. The molecule has 1 aliphatic heterocycles. The van der Waals surface area contributed by atoms with Crippen LogP contribution in [0.5, 0.6) is 11.5 Å². The molecule has 3 N–H and O–H groups in total. The van der Waals surface area contributed by atoms with Gasteiger partial charge in [-0.25, -0.2) is 4.79 Å². The first-order valence-corrected chi connectivity index (χ1v) is 9.18. The van der Waals surface area contributed by atoms with E-state index >= 15 is 0 Å². The number of methoxy groups -OCH3 is 2. The second-order valence-electron chi connectivity index (χ2n) is 6.24. The smallest absolute Gasteiger partial charge is 0.437 e. The Bertz CT molecular complexity index is 919. The van der Waals surface area contributed by atoms with Gasteiger partial charge in [-0.3, -0.25) is 4.79 Å². The molecule has 1 saturated heterocycles. The Kier molecular flexibility index (Phi) is 5.46. The summed E-state index contributed by atoms with van der Waals surface area (Å²) in [5, 5.41) is 15.9. The molecule has 3 atom stereocenters. The lowest BCUT2D eigenvalue weighted by Crippen LogP contribution is -2.72. The monoisotopic (exact) mass is 430 g/mol. The first kappa shape index (κ1) is 20.9. The summed E-state index contributed by atoms with van der Waals surface area (Å²) >= 11 is 0.927. The van der Waals surface area contributed by atoms with Crippen LogP contribution in [-0.4, -0.2) is 43.0 Å². The molecule has 29 heavy (non-hydrogen) atoms. The number of para-hydroxylation sites is 1. The summed E-state index contributed by atoms with van der Waals surface area (Å²) in [6.45, 7) is 0. The number of amides is 2. The summed E-state index contributed by atoms with van der Waals surface area (Å²) in [6, 6.07) is 4.40. The number of benzene rings is 1. The number of aliphatic hydroxyl groups is 1. The lowest BCUT2D eigenvalue weighted by atomic mass is 9.78. The molecule has 2 heterocycles. The van der Waals surface area contributed by atoms with Crippen molar-refractivity contribution in [3.05, 3.63) is 46.2 Å². The van der Waals surface area contributed by atoms with Crippen LogP contribution >= 0.6 is 11.3 Å². The van der Waals surface area contributed by atoms with Crippen molar-refractivity contribution in [2.75, 3.05) is 14.2 Å². The fraction of sp³-hybridized carbons (Fsp3) is 0.333. The maximum absolute atomic E-state index is 13.9. The number of alkyl halides is 3. The Morgan fingerprint density at radius 3 is 2.48 bits per heavy atom. The lowest BCUT2D eigenvalue weighted by Gasteiger charge is -2.45. The van der Waals surface area contributed by atoms with Gasteiger partial charge in [-0.2, -0.15) is 13.2 Å². The number of ether oxygens (including phenoxy) is 2. The van der Waals surface area contributed by atoms with E-state index in [1.165, 1.54) is 55.2 Å². The predicted octanol–water partition coefficient (Wildman–Crippen LogP) is 2.87. The van der Waals surface area contributed by atoms with Crippen molar-refractivity contribution < 1.29 is 37.3 Å². The summed E-state index contributed by atoms with van der Waals surface area (Å²) in [5.74, 6) is -2.88. The van der Waals surface area contributed by atoms with Crippen molar-refractivity contribution in [1.82, 2.24) is 10.6 Å². The van der Waals surface area contributed by atoms with Crippen LogP contribution in [0.25, 0.3) is 0 Å². The zero-order chi connectivity index (χ0) is 21.4. The van der Waals surface area contributed by atoms with E-state index in [0.29, 0.717) is 0 Å². The van der Waals surface area contributed by atoms with Gasteiger partial charge in [-0.1, -0.05) is 18.2 Å². The van der Waals surface area contributed by atoms with Crippen LogP contribution in [0, 0.1) is 5.92 Å². The molecule has 0 unspecified atom stereocenters. The van der Waals surface area contributed by atoms with Crippen molar-refractivity contribution in [2.45, 2.75) is 17.9 Å². The number of carbonyl (C=O) groups is 2. The number of rotatable bonds is 5. The van der Waals surface area contributed by atoms with Crippen LogP contribution in [0.2, 0.25) is 0 Å². The van der Waals surface area contributed by atoms with Gasteiger partial charge in [0.05, 0.1) is 25.1 Å². The molecule has 11 heteroatoms. The van der Waals surface area contributed by atoms with E-state index in [-0.39, 0.29) is 21.9 Å². The van der Waals surface area contributed by atoms with Crippen molar-refractivity contribution in [3.8, 4) is 11.5 Å². The van der Waals surface area contributed by atoms with Crippen molar-refractivity contribution in [1.29, 1.82) is 0 Å². The maximum atomic E-state index is 13.9. The van der Waals surface area contributed by atoms with E-state index in [2.05, 4.69) is 5.32 Å². The molecule has 2 amide bonds. The molecule has 156 valence electrons. The van der Waals surface area contributed by atoms with E-state index in [1.807, 2.05) is 0 Å². The minimum atomic E-state index is -5.33. The minimum absolute atomic E-state index is 0.00230. The fourth-order valence-corrected chi connectivity index (χ4v) is 4.03. The van der Waals surface area contributed by atoms with Crippen LogP contribution in [-0.2, 0) is 0 Å². The van der Waals surface area contributed by atoms with Crippen LogP contribution in [0.3, 0.4) is 0 Å². The SMILES string of the molecule is COc1cccc([C@@H]2NC(=O)N[C@@](O)(C(F)(F)F)[C@H]2C(=O)c2cccs2)c1OC. The number of thiophene rings is 1. The molecule has 0 aliphatic carbocycles. The van der Waals surface area contributed by atoms with Crippen LogP contribution < -0.4 is 20.1 Å². The average molecular weight is 430 g/mol. The minimum Gasteiger partial charge on any atom is -0.493 e. The zero-order valence-corrected chi connectivity index (χ0v) is 16.1. The van der Waals surface area contributed by atoms with Gasteiger partial charge in [0.1, 0.15) is 5.92 Å². The largest absolute Gasteiger partial charge is 0.493 e. The Morgan fingerprint density at radius 2 is 1.93 bits per heavy atom. The number of hydrogen-bond acceptors (Lipinski definition) is 6. The molecule has 0 spiro atoms. The van der Waals surface area contributed by atoms with Crippen LogP contribution in [0.4, 0.5) is 18.0 Å². The number of urea groups is 1. The molecule has 7 nitrogen and oxygen atoms in total. The second kappa shape index (κ2) is 7.56.